The first kappa shape index (κ1) is 21.8. The Morgan fingerprint density at radius 1 is 1.24 bits per heavy atom. The maximum Gasteiger partial charge on any atom is 0.223 e. The van der Waals surface area contributed by atoms with Crippen LogP contribution in [0, 0.1) is 11.8 Å². The molecule has 1 amide bonds. The topological polar surface area (TPSA) is 64.3 Å². The number of carbonyl (C=O) groups is 1. The average Bonchev–Trinajstić information content (AvgIpc) is 2.55. The van der Waals surface area contributed by atoms with Crippen LogP contribution in [0.15, 0.2) is 24.3 Å². The minimum absolute atomic E-state index is 0. The van der Waals surface area contributed by atoms with Crippen molar-refractivity contribution in [3.05, 3.63) is 29.8 Å². The molecule has 0 radical (unpaired) electrons. The van der Waals surface area contributed by atoms with Gasteiger partial charge in [0.1, 0.15) is 5.75 Å². The zero-order valence-corrected chi connectivity index (χ0v) is 16.5. The molecule has 4 nitrogen and oxygen atoms in total. The summed E-state index contributed by atoms with van der Waals surface area (Å²) in [7, 11) is 0. The fraction of sp³-hybridized carbons (Fsp3) is 0.650. The van der Waals surface area contributed by atoms with Crippen molar-refractivity contribution in [2.45, 2.75) is 65.0 Å². The van der Waals surface area contributed by atoms with Crippen LogP contribution >= 0.6 is 12.4 Å². The van der Waals surface area contributed by atoms with E-state index >= 15 is 0 Å². The summed E-state index contributed by atoms with van der Waals surface area (Å²) in [5.74, 6) is 1.73. The molecule has 1 aliphatic carbocycles. The number of halogens is 1. The molecule has 3 N–H and O–H groups in total. The number of rotatable bonds is 7. The number of hydrogen-bond donors (Lipinski definition) is 2. The molecule has 5 heteroatoms. The lowest BCUT2D eigenvalue weighted by Gasteiger charge is -2.27. The second kappa shape index (κ2) is 10.7. The molecule has 0 spiro atoms. The van der Waals surface area contributed by atoms with Gasteiger partial charge < -0.3 is 15.8 Å². The third kappa shape index (κ3) is 7.25. The number of nitrogens with one attached hydrogen (secondary N) is 1. The van der Waals surface area contributed by atoms with E-state index in [1.165, 1.54) is 0 Å². The Labute approximate surface area is 158 Å². The number of nitrogens with two attached hydrogens (primary N) is 1. The Morgan fingerprint density at radius 2 is 1.92 bits per heavy atom. The molecule has 142 valence electrons. The van der Waals surface area contributed by atoms with Crippen LogP contribution in [0.1, 0.15) is 64.5 Å². The van der Waals surface area contributed by atoms with Crippen molar-refractivity contribution in [2.75, 3.05) is 6.61 Å². The maximum absolute atomic E-state index is 12.4. The van der Waals surface area contributed by atoms with E-state index in [1.807, 2.05) is 31.2 Å². The standard InChI is InChI=1S/C20H32N2O2.ClH/c1-14(2)11-12-24-19-9-7-16(8-10-19)15(3)22-20(23)17-5-4-6-18(21)13-17;/h7-10,14-15,17-18H,4-6,11-13,21H2,1-3H3,(H,22,23);1H. The van der Waals surface area contributed by atoms with Crippen LogP contribution in [-0.2, 0) is 4.79 Å². The largest absolute Gasteiger partial charge is 0.494 e. The Hall–Kier alpha value is -1.26. The van der Waals surface area contributed by atoms with Crippen LogP contribution in [0.5, 0.6) is 5.75 Å². The molecule has 0 aliphatic heterocycles. The first-order valence-corrected chi connectivity index (χ1v) is 9.24. The van der Waals surface area contributed by atoms with Gasteiger partial charge in [0.15, 0.2) is 0 Å². The highest BCUT2D eigenvalue weighted by molar-refractivity contribution is 5.85. The van der Waals surface area contributed by atoms with Crippen LogP contribution < -0.4 is 15.8 Å². The number of amides is 1. The van der Waals surface area contributed by atoms with Crippen LogP contribution in [0.4, 0.5) is 0 Å². The van der Waals surface area contributed by atoms with E-state index in [9.17, 15) is 4.79 Å². The molecule has 1 fully saturated rings. The van der Waals surface area contributed by atoms with Crippen LogP contribution in [0.2, 0.25) is 0 Å². The van der Waals surface area contributed by atoms with Crippen molar-refractivity contribution in [2.24, 2.45) is 17.6 Å². The molecule has 1 aliphatic rings. The predicted molar refractivity (Wildman–Crippen MR) is 105 cm³/mol. The van der Waals surface area contributed by atoms with Gasteiger partial charge in [-0.05, 0) is 56.2 Å². The second-order valence-electron chi connectivity index (χ2n) is 7.45. The van der Waals surface area contributed by atoms with E-state index in [0.717, 1.165) is 50.0 Å². The summed E-state index contributed by atoms with van der Waals surface area (Å²) in [6.45, 7) is 7.15. The molecule has 0 heterocycles. The minimum atomic E-state index is 0. The van der Waals surface area contributed by atoms with Crippen molar-refractivity contribution < 1.29 is 9.53 Å². The fourth-order valence-electron chi connectivity index (χ4n) is 3.15. The fourth-order valence-corrected chi connectivity index (χ4v) is 3.15. The molecule has 1 aromatic rings. The van der Waals surface area contributed by atoms with E-state index in [4.69, 9.17) is 10.5 Å². The molecular weight excluding hydrogens is 336 g/mol. The van der Waals surface area contributed by atoms with Crippen LogP contribution in [0.25, 0.3) is 0 Å². The summed E-state index contributed by atoms with van der Waals surface area (Å²) in [5.41, 5.74) is 7.08. The first-order valence-electron chi connectivity index (χ1n) is 9.24. The summed E-state index contributed by atoms with van der Waals surface area (Å²) in [6.07, 6.45) is 4.90. The van der Waals surface area contributed by atoms with Gasteiger partial charge >= 0.3 is 0 Å². The van der Waals surface area contributed by atoms with E-state index in [2.05, 4.69) is 19.2 Å². The lowest BCUT2D eigenvalue weighted by molar-refractivity contribution is -0.126. The molecular formula is C20H33ClN2O2. The van der Waals surface area contributed by atoms with Gasteiger partial charge in [0, 0.05) is 12.0 Å². The van der Waals surface area contributed by atoms with Crippen molar-refractivity contribution in [1.82, 2.24) is 5.32 Å². The van der Waals surface area contributed by atoms with Gasteiger partial charge in [-0.2, -0.15) is 0 Å². The molecule has 2 rings (SSSR count). The number of hydrogen-bond acceptors (Lipinski definition) is 3. The molecule has 25 heavy (non-hydrogen) atoms. The van der Waals surface area contributed by atoms with Gasteiger partial charge in [0.2, 0.25) is 5.91 Å². The minimum Gasteiger partial charge on any atom is -0.494 e. The molecule has 1 saturated carbocycles. The Bertz CT molecular complexity index is 519. The first-order chi connectivity index (χ1) is 11.5. The van der Waals surface area contributed by atoms with Crippen LogP contribution in [0.3, 0.4) is 0 Å². The lowest BCUT2D eigenvalue weighted by atomic mass is 9.85. The number of carbonyl (C=O) groups excluding carboxylic acids is 1. The third-order valence-electron chi connectivity index (χ3n) is 4.79. The molecule has 0 bridgehead atoms. The van der Waals surface area contributed by atoms with Crippen molar-refractivity contribution in [3.8, 4) is 5.75 Å². The highest BCUT2D eigenvalue weighted by Gasteiger charge is 2.26. The summed E-state index contributed by atoms with van der Waals surface area (Å²) >= 11 is 0. The van der Waals surface area contributed by atoms with E-state index < -0.39 is 0 Å². The second-order valence-corrected chi connectivity index (χ2v) is 7.45. The van der Waals surface area contributed by atoms with Gasteiger partial charge in [0.25, 0.3) is 0 Å². The highest BCUT2D eigenvalue weighted by atomic mass is 35.5. The van der Waals surface area contributed by atoms with Gasteiger partial charge in [0.05, 0.1) is 12.6 Å². The molecule has 0 aromatic heterocycles. The molecule has 1 aromatic carbocycles. The summed E-state index contributed by atoms with van der Waals surface area (Å²) in [6, 6.07) is 8.20. The number of ether oxygens (including phenoxy) is 1. The number of benzene rings is 1. The highest BCUT2D eigenvalue weighted by Crippen LogP contribution is 2.25. The van der Waals surface area contributed by atoms with Gasteiger partial charge in [-0.3, -0.25) is 4.79 Å². The van der Waals surface area contributed by atoms with E-state index in [1.54, 1.807) is 0 Å². The average molecular weight is 369 g/mol. The monoisotopic (exact) mass is 368 g/mol. The smallest absolute Gasteiger partial charge is 0.223 e. The molecule has 3 atom stereocenters. The third-order valence-corrected chi connectivity index (χ3v) is 4.79. The Morgan fingerprint density at radius 3 is 2.52 bits per heavy atom. The molecule has 3 unspecified atom stereocenters. The van der Waals surface area contributed by atoms with Crippen molar-refractivity contribution in [1.29, 1.82) is 0 Å². The maximum atomic E-state index is 12.4. The summed E-state index contributed by atoms with van der Waals surface area (Å²) in [4.78, 5) is 12.4. The van der Waals surface area contributed by atoms with Crippen molar-refractivity contribution >= 4 is 18.3 Å². The van der Waals surface area contributed by atoms with Crippen LogP contribution in [-0.4, -0.2) is 18.6 Å². The van der Waals surface area contributed by atoms with E-state index in [0.29, 0.717) is 5.92 Å². The normalized spacial score (nSPS) is 21.3. The zero-order valence-electron chi connectivity index (χ0n) is 15.7. The predicted octanol–water partition coefficient (Wildman–Crippen LogP) is 4.23. The quantitative estimate of drug-likeness (QED) is 0.756. The Kier molecular flexibility index (Phi) is 9.30. The van der Waals surface area contributed by atoms with Gasteiger partial charge in [-0.25, -0.2) is 0 Å². The SMILES string of the molecule is CC(C)CCOc1ccc(C(C)NC(=O)C2CCCC(N)C2)cc1.Cl. The van der Waals surface area contributed by atoms with E-state index in [-0.39, 0.29) is 36.3 Å². The zero-order chi connectivity index (χ0) is 17.5. The van der Waals surface area contributed by atoms with Crippen molar-refractivity contribution in [3.63, 3.8) is 0 Å². The van der Waals surface area contributed by atoms with Gasteiger partial charge in [-0.15, -0.1) is 12.4 Å². The summed E-state index contributed by atoms with van der Waals surface area (Å²) < 4.78 is 5.74. The van der Waals surface area contributed by atoms with Gasteiger partial charge in [-0.1, -0.05) is 32.4 Å². The molecule has 0 saturated heterocycles. The summed E-state index contributed by atoms with van der Waals surface area (Å²) in [5, 5.41) is 3.13. The Balaban J connectivity index is 0.00000312. The lowest BCUT2D eigenvalue weighted by Crippen LogP contribution is -2.38.